The summed E-state index contributed by atoms with van der Waals surface area (Å²) in [4.78, 5) is 16.1. The summed E-state index contributed by atoms with van der Waals surface area (Å²) in [5, 5.41) is 0.957. The van der Waals surface area contributed by atoms with Crippen LogP contribution < -0.4 is 9.64 Å². The van der Waals surface area contributed by atoms with E-state index in [1.54, 1.807) is 36.3 Å². The zero-order chi connectivity index (χ0) is 23.9. The van der Waals surface area contributed by atoms with Crippen molar-refractivity contribution in [3.63, 3.8) is 0 Å². The Morgan fingerprint density at radius 1 is 1.21 bits per heavy atom. The first-order valence-corrected chi connectivity index (χ1v) is 12.4. The van der Waals surface area contributed by atoms with Gasteiger partial charge in [0.05, 0.1) is 16.8 Å². The van der Waals surface area contributed by atoms with E-state index in [9.17, 15) is 4.79 Å². The normalized spacial score (nSPS) is 14.6. The van der Waals surface area contributed by atoms with Gasteiger partial charge in [-0.3, -0.25) is 0 Å². The zero-order valence-corrected chi connectivity index (χ0v) is 21.9. The lowest BCUT2D eigenvalue weighted by Crippen LogP contribution is -2.50. The highest BCUT2D eigenvalue weighted by molar-refractivity contribution is 9.10. The molecule has 0 unspecified atom stereocenters. The third-order valence-electron chi connectivity index (χ3n) is 5.31. The number of amides is 1. The van der Waals surface area contributed by atoms with E-state index in [-0.39, 0.29) is 6.09 Å². The first-order chi connectivity index (χ1) is 15.6. The molecule has 2 aromatic carbocycles. The average Bonchev–Trinajstić information content (AvgIpc) is 3.18. The molecule has 10 heteroatoms. The fourth-order valence-corrected chi connectivity index (χ4v) is 5.28. The van der Waals surface area contributed by atoms with Crippen molar-refractivity contribution in [3.05, 3.63) is 39.6 Å². The predicted molar refractivity (Wildman–Crippen MR) is 134 cm³/mol. The van der Waals surface area contributed by atoms with Gasteiger partial charge in [-0.15, -0.1) is 0 Å². The minimum absolute atomic E-state index is 0.294. The topological polar surface area (TPSA) is 54.9 Å². The number of fused-ring (bicyclic) bond motifs is 1. The Kier molecular flexibility index (Phi) is 6.75. The van der Waals surface area contributed by atoms with Gasteiger partial charge in [-0.05, 0) is 56.6 Å². The summed E-state index contributed by atoms with van der Waals surface area (Å²) in [6.07, 6.45) is -0.326. The van der Waals surface area contributed by atoms with E-state index in [0.29, 0.717) is 68.5 Å². The van der Waals surface area contributed by atoms with Gasteiger partial charge in [-0.25, -0.2) is 9.18 Å². The Hall–Kier alpha value is -2.10. The van der Waals surface area contributed by atoms with Crippen molar-refractivity contribution >= 4 is 61.1 Å². The number of nitrogens with zero attached hydrogens (tertiary/aromatic N) is 3. The van der Waals surface area contributed by atoms with Crippen LogP contribution in [0.15, 0.2) is 28.7 Å². The number of ether oxygens (including phenoxy) is 2. The molecule has 0 spiro atoms. The Labute approximate surface area is 209 Å². The molecule has 0 aliphatic carbocycles. The molecule has 1 aliphatic heterocycles. The predicted octanol–water partition coefficient (Wildman–Crippen LogP) is 6.58. The SMILES string of the molecule is COc1ccc(Br)c(-c2c(Cl)cc3c(N4CCN(C(=O)OC(C)(C)C)CC4)nsc3c2F)c1. The van der Waals surface area contributed by atoms with Gasteiger partial charge >= 0.3 is 6.09 Å². The summed E-state index contributed by atoms with van der Waals surface area (Å²) in [5.41, 5.74) is 0.378. The highest BCUT2D eigenvalue weighted by Crippen LogP contribution is 2.43. The maximum absolute atomic E-state index is 15.7. The van der Waals surface area contributed by atoms with E-state index in [4.69, 9.17) is 21.1 Å². The van der Waals surface area contributed by atoms with Crippen LogP contribution in [-0.2, 0) is 4.74 Å². The smallest absolute Gasteiger partial charge is 0.410 e. The highest BCUT2D eigenvalue weighted by Gasteiger charge is 2.28. The third kappa shape index (κ3) is 4.90. The van der Waals surface area contributed by atoms with E-state index in [1.807, 2.05) is 20.8 Å². The molecule has 1 aliphatic rings. The molecule has 1 fully saturated rings. The van der Waals surface area contributed by atoms with Gasteiger partial charge in [0.1, 0.15) is 17.2 Å². The van der Waals surface area contributed by atoms with Crippen molar-refractivity contribution in [1.82, 2.24) is 9.27 Å². The van der Waals surface area contributed by atoms with Crippen molar-refractivity contribution < 1.29 is 18.7 Å². The summed E-state index contributed by atoms with van der Waals surface area (Å²) in [6, 6.07) is 7.11. The van der Waals surface area contributed by atoms with Crippen molar-refractivity contribution in [2.75, 3.05) is 38.2 Å². The van der Waals surface area contributed by atoms with E-state index < -0.39 is 11.4 Å². The molecule has 2 heterocycles. The highest BCUT2D eigenvalue weighted by atomic mass is 79.9. The number of halogens is 3. The summed E-state index contributed by atoms with van der Waals surface area (Å²) in [5.74, 6) is 0.870. The molecule has 4 rings (SSSR count). The number of aromatic nitrogens is 1. The molecule has 176 valence electrons. The molecule has 1 amide bonds. The van der Waals surface area contributed by atoms with Crippen LogP contribution in [0.25, 0.3) is 21.2 Å². The number of anilines is 1. The molecule has 1 saturated heterocycles. The molecule has 0 atom stereocenters. The lowest BCUT2D eigenvalue weighted by molar-refractivity contribution is 0.0240. The molecule has 0 saturated carbocycles. The van der Waals surface area contributed by atoms with Crippen molar-refractivity contribution in [1.29, 1.82) is 0 Å². The van der Waals surface area contributed by atoms with Gasteiger partial charge < -0.3 is 19.3 Å². The molecular weight excluding hydrogens is 533 g/mol. The molecule has 0 N–H and O–H groups in total. The largest absolute Gasteiger partial charge is 0.497 e. The average molecular weight is 557 g/mol. The van der Waals surface area contributed by atoms with Gasteiger partial charge in [-0.2, -0.15) is 4.37 Å². The molecule has 0 bridgehead atoms. The van der Waals surface area contributed by atoms with Crippen LogP contribution >= 0.6 is 39.1 Å². The van der Waals surface area contributed by atoms with Gasteiger partial charge in [0.25, 0.3) is 0 Å². The number of piperazine rings is 1. The quantitative estimate of drug-likeness (QED) is 0.365. The maximum Gasteiger partial charge on any atom is 0.410 e. The Bertz CT molecular complexity index is 1210. The summed E-state index contributed by atoms with van der Waals surface area (Å²) >= 11 is 11.2. The van der Waals surface area contributed by atoms with Crippen LogP contribution in [0.1, 0.15) is 20.8 Å². The summed E-state index contributed by atoms with van der Waals surface area (Å²) in [7, 11) is 1.56. The van der Waals surface area contributed by atoms with E-state index in [2.05, 4.69) is 25.2 Å². The number of hydrogen-bond donors (Lipinski definition) is 0. The third-order valence-corrected chi connectivity index (χ3v) is 7.15. The van der Waals surface area contributed by atoms with Crippen LogP contribution in [0.5, 0.6) is 5.75 Å². The van der Waals surface area contributed by atoms with E-state index >= 15 is 4.39 Å². The Morgan fingerprint density at radius 3 is 2.55 bits per heavy atom. The number of benzene rings is 2. The number of methoxy groups -OCH3 is 1. The van der Waals surface area contributed by atoms with Crippen molar-refractivity contribution in [2.24, 2.45) is 0 Å². The number of carbonyl (C=O) groups is 1. The maximum atomic E-state index is 15.7. The number of carbonyl (C=O) groups excluding carboxylic acids is 1. The van der Waals surface area contributed by atoms with Crippen LogP contribution in [0.3, 0.4) is 0 Å². The second-order valence-electron chi connectivity index (χ2n) is 8.73. The van der Waals surface area contributed by atoms with Gasteiger partial charge in [0, 0.05) is 47.2 Å². The van der Waals surface area contributed by atoms with E-state index in [0.717, 1.165) is 11.5 Å². The molecular formula is C23H24BrClFN3O3S. The van der Waals surface area contributed by atoms with Gasteiger partial charge in [0.15, 0.2) is 5.82 Å². The monoisotopic (exact) mass is 555 g/mol. The number of hydrogen-bond acceptors (Lipinski definition) is 6. The van der Waals surface area contributed by atoms with Crippen LogP contribution in [0, 0.1) is 5.82 Å². The molecule has 3 aromatic rings. The first kappa shape index (κ1) is 24.0. The lowest BCUT2D eigenvalue weighted by atomic mass is 10.0. The Morgan fingerprint density at radius 2 is 1.91 bits per heavy atom. The van der Waals surface area contributed by atoms with Crippen LogP contribution in [0.4, 0.5) is 15.0 Å². The van der Waals surface area contributed by atoms with Crippen LogP contribution in [-0.4, -0.2) is 54.3 Å². The van der Waals surface area contributed by atoms with Gasteiger partial charge in [-0.1, -0.05) is 27.5 Å². The fraction of sp³-hybridized carbons (Fsp3) is 0.391. The molecule has 1 aromatic heterocycles. The lowest BCUT2D eigenvalue weighted by Gasteiger charge is -2.35. The summed E-state index contributed by atoms with van der Waals surface area (Å²) < 4.78 is 32.1. The molecule has 6 nitrogen and oxygen atoms in total. The van der Waals surface area contributed by atoms with Crippen molar-refractivity contribution in [3.8, 4) is 16.9 Å². The zero-order valence-electron chi connectivity index (χ0n) is 18.7. The van der Waals surface area contributed by atoms with E-state index in [1.165, 1.54) is 0 Å². The molecule has 0 radical (unpaired) electrons. The first-order valence-electron chi connectivity index (χ1n) is 10.4. The molecule has 33 heavy (non-hydrogen) atoms. The van der Waals surface area contributed by atoms with Crippen molar-refractivity contribution in [2.45, 2.75) is 26.4 Å². The second-order valence-corrected chi connectivity index (χ2v) is 10.8. The number of rotatable bonds is 3. The standard InChI is InChI=1S/C23H24BrClFN3O3S/c1-23(2,3)32-22(30)29-9-7-28(8-10-29)21-15-12-17(25)18(19(26)20(15)33-27-21)14-11-13(31-4)5-6-16(14)24/h5-6,11-12H,7-10H2,1-4H3. The Balaban J connectivity index is 1.62. The van der Waals surface area contributed by atoms with Crippen LogP contribution in [0.2, 0.25) is 5.02 Å². The minimum atomic E-state index is -0.539. The minimum Gasteiger partial charge on any atom is -0.497 e. The van der Waals surface area contributed by atoms with Gasteiger partial charge in [0.2, 0.25) is 0 Å². The fourth-order valence-electron chi connectivity index (χ4n) is 3.72. The summed E-state index contributed by atoms with van der Waals surface area (Å²) in [6.45, 7) is 7.68. The second kappa shape index (κ2) is 9.27.